The quantitative estimate of drug-likeness (QED) is 0.0208. The molecule has 0 aliphatic heterocycles. The van der Waals surface area contributed by atoms with Crippen molar-refractivity contribution in [1.29, 1.82) is 0 Å². The van der Waals surface area contributed by atoms with E-state index in [4.69, 9.17) is 33.5 Å². The molecular formula is C49H41Cl2F12N11O13. The van der Waals surface area contributed by atoms with Gasteiger partial charge in [0.15, 0.2) is 42.5 Å². The molecule has 24 nitrogen and oxygen atoms in total. The molecule has 38 heteroatoms. The van der Waals surface area contributed by atoms with E-state index in [9.17, 15) is 97.3 Å². The van der Waals surface area contributed by atoms with Crippen LogP contribution in [0.2, 0.25) is 10.0 Å². The van der Waals surface area contributed by atoms with E-state index in [2.05, 4.69) is 51.0 Å². The minimum Gasteiger partial charge on any atom is -0.476 e. The molecule has 3 aromatic heterocycles. The van der Waals surface area contributed by atoms with Crippen molar-refractivity contribution in [2.45, 2.75) is 74.2 Å². The molecule has 0 spiro atoms. The number of halogens is 14. The maximum absolute atomic E-state index is 14.2. The van der Waals surface area contributed by atoms with Gasteiger partial charge in [-0.25, -0.2) is 23.2 Å². The molecule has 0 radical (unpaired) electrons. The highest BCUT2D eigenvalue weighted by atomic mass is 35.5. The van der Waals surface area contributed by atoms with Crippen molar-refractivity contribution in [2.75, 3.05) is 13.2 Å². The SMILES string of the molecule is O=C(N[C@H](Cc1ccc(-c2cc(Cl)ccc2F)cc1)C[C@@H](O)C(=O)OCC(F)(F)C(F)(F)F)c1cn(O)nn1.O=C(N[C@H](Cc1ccc(-c2cc(Cl)ccc2F)cc1)C[C@@H](O)C(=O)OCC(F)(F)C(F)(F)F)c1cn(O)nn1.O=C(O)c1cn(O)nn1. The largest absolute Gasteiger partial charge is 0.476 e. The molecule has 468 valence electrons. The summed E-state index contributed by atoms with van der Waals surface area (Å²) in [5.74, 6) is -18.3. The van der Waals surface area contributed by atoms with Crippen LogP contribution in [0.1, 0.15) is 55.4 Å². The third-order valence-corrected chi connectivity index (χ3v) is 11.8. The minimum atomic E-state index is -5.97. The maximum Gasteiger partial charge on any atom is 0.456 e. The zero-order valence-electron chi connectivity index (χ0n) is 43.2. The number of carboxylic acid groups (broad SMARTS) is 1. The number of aromatic nitrogens is 9. The second-order valence-corrected chi connectivity index (χ2v) is 18.8. The summed E-state index contributed by atoms with van der Waals surface area (Å²) in [5, 5.41) is 79.8. The van der Waals surface area contributed by atoms with Crippen molar-refractivity contribution in [3.05, 3.63) is 153 Å². The Labute approximate surface area is 487 Å². The van der Waals surface area contributed by atoms with Gasteiger partial charge in [0.25, 0.3) is 11.8 Å². The van der Waals surface area contributed by atoms with Crippen LogP contribution in [0.5, 0.6) is 0 Å². The Kier molecular flexibility index (Phi) is 23.0. The van der Waals surface area contributed by atoms with E-state index in [1.807, 2.05) is 0 Å². The summed E-state index contributed by atoms with van der Waals surface area (Å²) in [6, 6.07) is 18.0. The molecular weight excluding hydrogens is 1250 g/mol. The number of benzene rings is 4. The molecule has 0 bridgehead atoms. The van der Waals surface area contributed by atoms with Gasteiger partial charge in [0.2, 0.25) is 0 Å². The van der Waals surface area contributed by atoms with E-state index in [1.54, 1.807) is 0 Å². The van der Waals surface area contributed by atoms with Gasteiger partial charge >= 0.3 is 42.1 Å². The second-order valence-electron chi connectivity index (χ2n) is 17.9. The fourth-order valence-electron chi connectivity index (χ4n) is 7.03. The van der Waals surface area contributed by atoms with Crippen LogP contribution in [0.25, 0.3) is 22.3 Å². The van der Waals surface area contributed by atoms with E-state index in [-0.39, 0.29) is 50.7 Å². The molecule has 3 heterocycles. The fraction of sp³-hybridized carbons (Fsp3) is 0.286. The number of aliphatic hydroxyl groups excluding tert-OH is 2. The van der Waals surface area contributed by atoms with Gasteiger partial charge in [-0.1, -0.05) is 86.3 Å². The number of carboxylic acids is 1. The Hall–Kier alpha value is -9.29. The molecule has 0 fully saturated rings. The maximum atomic E-state index is 14.2. The van der Waals surface area contributed by atoms with Crippen molar-refractivity contribution in [3.8, 4) is 22.3 Å². The number of hydrogen-bond donors (Lipinski definition) is 8. The predicted octanol–water partition coefficient (Wildman–Crippen LogP) is 6.83. The number of aromatic carboxylic acids is 1. The first-order chi connectivity index (χ1) is 40.5. The van der Waals surface area contributed by atoms with E-state index in [0.717, 1.165) is 18.6 Å². The Balaban J connectivity index is 0.000000277. The van der Waals surface area contributed by atoms with Crippen LogP contribution < -0.4 is 10.6 Å². The molecule has 7 aromatic rings. The molecule has 0 saturated heterocycles. The van der Waals surface area contributed by atoms with Crippen molar-refractivity contribution < 1.29 is 117 Å². The summed E-state index contributed by atoms with van der Waals surface area (Å²) in [6.45, 7) is -4.69. The third-order valence-electron chi connectivity index (χ3n) is 11.3. The van der Waals surface area contributed by atoms with Gasteiger partial charge < -0.3 is 51.0 Å². The number of aliphatic hydroxyl groups is 2. The Bertz CT molecular complexity index is 3300. The lowest BCUT2D eigenvalue weighted by Gasteiger charge is -2.23. The summed E-state index contributed by atoms with van der Waals surface area (Å²) in [4.78, 5) is 59.6. The number of alkyl halides is 10. The van der Waals surface area contributed by atoms with Gasteiger partial charge in [-0.15, -0.1) is 15.3 Å². The van der Waals surface area contributed by atoms with E-state index in [1.165, 1.54) is 84.9 Å². The van der Waals surface area contributed by atoms with E-state index in [0.29, 0.717) is 37.1 Å². The first-order valence-corrected chi connectivity index (χ1v) is 24.6. The number of ether oxygens (including phenoxy) is 2. The van der Waals surface area contributed by atoms with Gasteiger partial charge in [0, 0.05) is 46.1 Å². The fourth-order valence-corrected chi connectivity index (χ4v) is 7.38. The van der Waals surface area contributed by atoms with Crippen LogP contribution in [0.15, 0.2) is 104 Å². The predicted molar refractivity (Wildman–Crippen MR) is 267 cm³/mol. The number of nitrogens with zero attached hydrogens (tertiary/aromatic N) is 9. The molecule has 0 aliphatic rings. The molecule has 87 heavy (non-hydrogen) atoms. The second kappa shape index (κ2) is 29.2. The summed E-state index contributed by atoms with van der Waals surface area (Å²) in [6.07, 6.45) is -15.3. The highest BCUT2D eigenvalue weighted by Gasteiger charge is 2.59. The van der Waals surface area contributed by atoms with Crippen molar-refractivity contribution in [3.63, 3.8) is 0 Å². The van der Waals surface area contributed by atoms with Crippen LogP contribution in [0, 0.1) is 11.6 Å². The molecule has 4 atom stereocenters. The summed E-state index contributed by atoms with van der Waals surface area (Å²) in [5.41, 5.74) is 1.29. The standard InChI is InChI=1S/2C23H19ClF6N4O5.C3H3N3O3/c2*24-14-5-6-17(25)16(8-14)13-3-1-12(2-4-13)7-15(31-20(36)18-10-34(38)33-32-18)9-19(35)21(37)39-11-22(26,27)23(28,29)30;7-3(8)2-1-6(9)5-4-2/h2*1-6,8,10,15,19,35,38H,7,9,11H2,(H,31,36);1,9H,(H,7,8)/t2*15-,19-;/m11./s1. The third kappa shape index (κ3) is 20.2. The van der Waals surface area contributed by atoms with Gasteiger partial charge in [-0.3, -0.25) is 9.59 Å². The average Bonchev–Trinajstić information content (AvgIpc) is 4.35. The van der Waals surface area contributed by atoms with Crippen LogP contribution in [0.3, 0.4) is 0 Å². The Morgan fingerprint density at radius 1 is 0.517 bits per heavy atom. The van der Waals surface area contributed by atoms with Crippen LogP contribution in [-0.4, -0.2) is 168 Å². The number of rotatable bonds is 21. The lowest BCUT2D eigenvalue weighted by molar-refractivity contribution is -0.294. The minimum absolute atomic E-state index is 0.0969. The summed E-state index contributed by atoms with van der Waals surface area (Å²) in [7, 11) is 0. The van der Waals surface area contributed by atoms with Crippen molar-refractivity contribution >= 4 is 52.9 Å². The number of carbonyl (C=O) groups excluding carboxylic acids is 4. The highest BCUT2D eigenvalue weighted by molar-refractivity contribution is 6.31. The Morgan fingerprint density at radius 2 is 0.839 bits per heavy atom. The molecule has 0 aliphatic carbocycles. The number of carbonyl (C=O) groups is 5. The van der Waals surface area contributed by atoms with Gasteiger partial charge in [0.05, 0.1) is 12.4 Å². The van der Waals surface area contributed by atoms with Crippen LogP contribution >= 0.6 is 23.2 Å². The molecule has 8 N–H and O–H groups in total. The number of nitrogens with one attached hydrogen (secondary N) is 2. The topological polar surface area (TPSA) is 341 Å². The van der Waals surface area contributed by atoms with Gasteiger partial charge in [-0.2, -0.15) is 43.9 Å². The average molecular weight is 1290 g/mol. The molecule has 4 aromatic carbocycles. The zero-order chi connectivity index (χ0) is 64.8. The summed E-state index contributed by atoms with van der Waals surface area (Å²) < 4.78 is 162. The molecule has 7 rings (SSSR count). The smallest absolute Gasteiger partial charge is 0.456 e. The first-order valence-electron chi connectivity index (χ1n) is 23.9. The van der Waals surface area contributed by atoms with E-state index < -0.39 is 116 Å². The lowest BCUT2D eigenvalue weighted by Crippen LogP contribution is -2.44. The molecule has 0 saturated carbocycles. The van der Waals surface area contributed by atoms with Gasteiger partial charge in [0.1, 0.15) is 17.8 Å². The number of amides is 2. The number of hydrogen-bond acceptors (Lipinski definition) is 18. The van der Waals surface area contributed by atoms with Crippen molar-refractivity contribution in [2.24, 2.45) is 0 Å². The Morgan fingerprint density at radius 3 is 1.11 bits per heavy atom. The van der Waals surface area contributed by atoms with Crippen LogP contribution in [-0.2, 0) is 31.9 Å². The van der Waals surface area contributed by atoms with Crippen molar-refractivity contribution in [1.82, 2.24) is 56.1 Å². The lowest BCUT2D eigenvalue weighted by atomic mass is 9.97. The van der Waals surface area contributed by atoms with Crippen LogP contribution in [0.4, 0.5) is 52.7 Å². The van der Waals surface area contributed by atoms with Gasteiger partial charge in [-0.05, 0) is 87.1 Å². The van der Waals surface area contributed by atoms with E-state index >= 15 is 0 Å². The zero-order valence-corrected chi connectivity index (χ0v) is 44.7. The number of esters is 2. The monoisotopic (exact) mass is 1290 g/mol. The normalized spacial score (nSPS) is 13.1. The molecule has 2 amide bonds. The first kappa shape index (κ1) is 68.5. The highest BCUT2D eigenvalue weighted by Crippen LogP contribution is 2.37. The summed E-state index contributed by atoms with van der Waals surface area (Å²) >= 11 is 11.8. The molecule has 0 unspecified atom stereocenters.